The third kappa shape index (κ3) is 4.20. The summed E-state index contributed by atoms with van der Waals surface area (Å²) in [7, 11) is 2.14. The summed E-state index contributed by atoms with van der Waals surface area (Å²) in [6, 6.07) is 0.616. The molecule has 0 unspecified atom stereocenters. The van der Waals surface area contributed by atoms with Crippen LogP contribution in [0, 0.1) is 5.92 Å². The lowest BCUT2D eigenvalue weighted by molar-refractivity contribution is 0.290. The Balaban J connectivity index is 3.76. The molecule has 0 aromatic rings. The van der Waals surface area contributed by atoms with E-state index in [-0.39, 0.29) is 0 Å². The fourth-order valence-corrected chi connectivity index (χ4v) is 0.685. The van der Waals surface area contributed by atoms with Crippen LogP contribution < -0.4 is 0 Å². The molecule has 0 aromatic heterocycles. The van der Waals surface area contributed by atoms with Gasteiger partial charge in [-0.05, 0) is 26.8 Å². The summed E-state index contributed by atoms with van der Waals surface area (Å²) < 4.78 is 0. The van der Waals surface area contributed by atoms with Gasteiger partial charge in [-0.3, -0.25) is 0 Å². The molecule has 0 rings (SSSR count). The van der Waals surface area contributed by atoms with Crippen LogP contribution in [0.5, 0.6) is 0 Å². The van der Waals surface area contributed by atoms with Gasteiger partial charge in [-0.15, -0.1) is 0 Å². The van der Waals surface area contributed by atoms with E-state index in [1.54, 1.807) is 0 Å². The van der Waals surface area contributed by atoms with Gasteiger partial charge in [-0.2, -0.15) is 0 Å². The van der Waals surface area contributed by atoms with Crippen molar-refractivity contribution in [1.29, 1.82) is 0 Å². The minimum absolute atomic E-state index is 0.608. The fourth-order valence-electron chi connectivity index (χ4n) is 0.685. The molecular weight excluding hydrogens is 134 g/mol. The van der Waals surface area contributed by atoms with Crippen molar-refractivity contribution in [3.05, 3.63) is 12.2 Å². The highest BCUT2D eigenvalue weighted by Crippen LogP contribution is 2.08. The first-order chi connectivity index (χ1) is 4.95. The number of likely N-dealkylation sites (N-methyl/N-ethyl adjacent to an activating group) is 1. The second-order valence-electron chi connectivity index (χ2n) is 3.82. The molecule has 0 amide bonds. The molecule has 0 N–H and O–H groups in total. The molecule has 0 saturated heterocycles. The van der Waals surface area contributed by atoms with Crippen LogP contribution in [0.3, 0.4) is 0 Å². The molecule has 0 aliphatic heterocycles. The van der Waals surface area contributed by atoms with E-state index >= 15 is 0 Å². The maximum Gasteiger partial charge on any atom is 0.0192 e. The Kier molecular flexibility index (Phi) is 4.43. The molecule has 11 heavy (non-hydrogen) atoms. The van der Waals surface area contributed by atoms with Crippen molar-refractivity contribution in [3.8, 4) is 0 Å². The first kappa shape index (κ1) is 10.7. The third-order valence-electron chi connectivity index (χ3n) is 2.15. The molecule has 0 bridgehead atoms. The van der Waals surface area contributed by atoms with Gasteiger partial charge in [-0.1, -0.05) is 26.0 Å². The predicted molar refractivity (Wildman–Crippen MR) is 51.7 cm³/mol. The summed E-state index contributed by atoms with van der Waals surface area (Å²) >= 11 is 0. The zero-order chi connectivity index (χ0) is 9.02. The van der Waals surface area contributed by atoms with Crippen molar-refractivity contribution in [2.24, 2.45) is 5.92 Å². The summed E-state index contributed by atoms with van der Waals surface area (Å²) in [5, 5.41) is 0. The molecule has 0 heterocycles. The second-order valence-corrected chi connectivity index (χ2v) is 3.82. The Morgan fingerprint density at radius 3 is 2.00 bits per heavy atom. The SMILES string of the molecule is C=C(CN(C)C(C)C)C(C)C. The van der Waals surface area contributed by atoms with Crippen LogP contribution in [0.4, 0.5) is 0 Å². The van der Waals surface area contributed by atoms with Gasteiger partial charge in [0.25, 0.3) is 0 Å². The minimum atomic E-state index is 0.608. The van der Waals surface area contributed by atoms with Gasteiger partial charge in [0.2, 0.25) is 0 Å². The van der Waals surface area contributed by atoms with Gasteiger partial charge >= 0.3 is 0 Å². The van der Waals surface area contributed by atoms with Gasteiger partial charge < -0.3 is 4.90 Å². The van der Waals surface area contributed by atoms with E-state index in [0.717, 1.165) is 6.54 Å². The number of hydrogen-bond donors (Lipinski definition) is 0. The molecule has 1 heteroatoms. The second kappa shape index (κ2) is 4.55. The Bertz CT molecular complexity index is 125. The molecule has 66 valence electrons. The summed E-state index contributed by atoms with van der Waals surface area (Å²) in [5.74, 6) is 0.608. The van der Waals surface area contributed by atoms with Crippen molar-refractivity contribution >= 4 is 0 Å². The van der Waals surface area contributed by atoms with Crippen molar-refractivity contribution in [2.45, 2.75) is 33.7 Å². The highest BCUT2D eigenvalue weighted by molar-refractivity contribution is 5.00. The largest absolute Gasteiger partial charge is 0.300 e. The molecule has 0 aromatic carbocycles. The zero-order valence-corrected chi connectivity index (χ0v) is 8.52. The van der Waals surface area contributed by atoms with E-state index in [9.17, 15) is 0 Å². The maximum atomic E-state index is 4.03. The topological polar surface area (TPSA) is 3.24 Å². The molecular formula is C10H21N. The van der Waals surface area contributed by atoms with Crippen molar-refractivity contribution < 1.29 is 0 Å². The van der Waals surface area contributed by atoms with Gasteiger partial charge in [0.15, 0.2) is 0 Å². The maximum absolute atomic E-state index is 4.03. The molecule has 0 saturated carbocycles. The minimum Gasteiger partial charge on any atom is -0.300 e. The summed E-state index contributed by atoms with van der Waals surface area (Å²) in [6.07, 6.45) is 0. The fraction of sp³-hybridized carbons (Fsp3) is 0.800. The smallest absolute Gasteiger partial charge is 0.0192 e. The van der Waals surface area contributed by atoms with Crippen LogP contribution in [0.25, 0.3) is 0 Å². The van der Waals surface area contributed by atoms with E-state index < -0.39 is 0 Å². The number of rotatable bonds is 4. The molecule has 0 spiro atoms. The summed E-state index contributed by atoms with van der Waals surface area (Å²) in [4.78, 5) is 2.31. The van der Waals surface area contributed by atoms with E-state index in [1.807, 2.05) is 0 Å². The van der Waals surface area contributed by atoms with E-state index in [1.165, 1.54) is 5.57 Å². The molecule has 0 aliphatic rings. The van der Waals surface area contributed by atoms with Crippen LogP contribution in [0.1, 0.15) is 27.7 Å². The Hall–Kier alpha value is -0.300. The van der Waals surface area contributed by atoms with Gasteiger partial charge in [0.1, 0.15) is 0 Å². The summed E-state index contributed by atoms with van der Waals surface area (Å²) in [5.41, 5.74) is 1.32. The van der Waals surface area contributed by atoms with Crippen LogP contribution in [-0.2, 0) is 0 Å². The normalized spacial score (nSPS) is 11.6. The standard InChI is InChI=1S/C10H21N/c1-8(2)10(5)7-11(6)9(3)4/h8-9H,5,7H2,1-4,6H3. The van der Waals surface area contributed by atoms with Crippen LogP contribution >= 0.6 is 0 Å². The van der Waals surface area contributed by atoms with E-state index in [2.05, 4.69) is 46.2 Å². The molecule has 0 radical (unpaired) electrons. The first-order valence-electron chi connectivity index (χ1n) is 4.33. The quantitative estimate of drug-likeness (QED) is 0.564. The number of hydrogen-bond acceptors (Lipinski definition) is 1. The molecule has 1 nitrogen and oxygen atoms in total. The monoisotopic (exact) mass is 155 g/mol. The van der Waals surface area contributed by atoms with Crippen molar-refractivity contribution in [1.82, 2.24) is 4.90 Å². The van der Waals surface area contributed by atoms with Gasteiger partial charge in [0.05, 0.1) is 0 Å². The van der Waals surface area contributed by atoms with Crippen LogP contribution in [0.2, 0.25) is 0 Å². The summed E-state index contributed by atoms with van der Waals surface area (Å²) in [6.45, 7) is 13.8. The van der Waals surface area contributed by atoms with Crippen LogP contribution in [0.15, 0.2) is 12.2 Å². The van der Waals surface area contributed by atoms with Gasteiger partial charge in [0, 0.05) is 12.6 Å². The van der Waals surface area contributed by atoms with E-state index in [0.29, 0.717) is 12.0 Å². The molecule has 0 aliphatic carbocycles. The average Bonchev–Trinajstić information content (AvgIpc) is 1.87. The lowest BCUT2D eigenvalue weighted by Crippen LogP contribution is -2.29. The lowest BCUT2D eigenvalue weighted by Gasteiger charge is -2.23. The Morgan fingerprint density at radius 2 is 1.73 bits per heavy atom. The molecule has 0 fully saturated rings. The predicted octanol–water partition coefficient (Wildman–Crippen LogP) is 2.54. The Labute approximate surface area is 71.1 Å². The molecule has 0 atom stereocenters. The Morgan fingerprint density at radius 1 is 1.27 bits per heavy atom. The van der Waals surface area contributed by atoms with Crippen molar-refractivity contribution in [2.75, 3.05) is 13.6 Å². The zero-order valence-electron chi connectivity index (χ0n) is 8.52. The highest BCUT2D eigenvalue weighted by atomic mass is 15.1. The third-order valence-corrected chi connectivity index (χ3v) is 2.15. The van der Waals surface area contributed by atoms with E-state index in [4.69, 9.17) is 0 Å². The average molecular weight is 155 g/mol. The lowest BCUT2D eigenvalue weighted by atomic mass is 10.0. The van der Waals surface area contributed by atoms with Gasteiger partial charge in [-0.25, -0.2) is 0 Å². The van der Waals surface area contributed by atoms with Crippen LogP contribution in [-0.4, -0.2) is 24.5 Å². The number of nitrogens with zero attached hydrogens (tertiary/aromatic N) is 1. The highest BCUT2D eigenvalue weighted by Gasteiger charge is 2.06. The first-order valence-corrected chi connectivity index (χ1v) is 4.33. The van der Waals surface area contributed by atoms with Crippen molar-refractivity contribution in [3.63, 3.8) is 0 Å².